The Labute approximate surface area is 111 Å². The topological polar surface area (TPSA) is 18.5 Å². The van der Waals surface area contributed by atoms with Gasteiger partial charge in [0.25, 0.3) is 0 Å². The molecule has 0 N–H and O–H groups in total. The van der Waals surface area contributed by atoms with Crippen molar-refractivity contribution in [2.75, 3.05) is 13.7 Å². The molecule has 0 aliphatic carbocycles. The van der Waals surface area contributed by atoms with E-state index in [1.807, 2.05) is 0 Å². The third-order valence-electron chi connectivity index (χ3n) is 2.92. The summed E-state index contributed by atoms with van der Waals surface area (Å²) in [6.07, 6.45) is 2.25. The molecule has 0 aromatic heterocycles. The van der Waals surface area contributed by atoms with Crippen LogP contribution in [0.1, 0.15) is 51.7 Å². The van der Waals surface area contributed by atoms with Gasteiger partial charge in [-0.3, -0.25) is 0 Å². The summed E-state index contributed by atoms with van der Waals surface area (Å²) in [5, 5.41) is 0. The summed E-state index contributed by atoms with van der Waals surface area (Å²) in [6.45, 7) is 10.2. The molecule has 0 unspecified atom stereocenters. The van der Waals surface area contributed by atoms with E-state index >= 15 is 0 Å². The van der Waals surface area contributed by atoms with Crippen LogP contribution in [0.5, 0.6) is 5.75 Å². The van der Waals surface area contributed by atoms with Crippen LogP contribution in [0, 0.1) is 0 Å². The largest absolute Gasteiger partial charge is 0.493 e. The zero-order valence-electron chi connectivity index (χ0n) is 12.4. The van der Waals surface area contributed by atoms with Crippen LogP contribution in [0.4, 0.5) is 0 Å². The Hall–Kier alpha value is -1.02. The number of hydrogen-bond donors (Lipinski definition) is 0. The quantitative estimate of drug-likeness (QED) is 0.700. The van der Waals surface area contributed by atoms with Crippen molar-refractivity contribution in [1.29, 1.82) is 0 Å². The maximum atomic E-state index is 5.94. The molecule has 0 atom stereocenters. The Morgan fingerprint density at radius 1 is 1.17 bits per heavy atom. The fraction of sp³-hybridized carbons (Fsp3) is 0.625. The molecule has 2 nitrogen and oxygen atoms in total. The van der Waals surface area contributed by atoms with Gasteiger partial charge in [0.1, 0.15) is 5.75 Å². The van der Waals surface area contributed by atoms with Gasteiger partial charge in [0.15, 0.2) is 0 Å². The van der Waals surface area contributed by atoms with E-state index in [1.165, 1.54) is 5.56 Å². The average Bonchev–Trinajstić information content (AvgIpc) is 2.28. The second-order valence-corrected chi connectivity index (χ2v) is 5.72. The predicted molar refractivity (Wildman–Crippen MR) is 76.3 cm³/mol. The zero-order valence-corrected chi connectivity index (χ0v) is 12.4. The van der Waals surface area contributed by atoms with Gasteiger partial charge in [-0.2, -0.15) is 0 Å². The molecule has 102 valence electrons. The monoisotopic (exact) mass is 250 g/mol. The summed E-state index contributed by atoms with van der Waals surface area (Å²) < 4.78 is 11.1. The highest BCUT2D eigenvalue weighted by molar-refractivity contribution is 5.41. The molecular weight excluding hydrogens is 224 g/mol. The van der Waals surface area contributed by atoms with Gasteiger partial charge in [-0.1, -0.05) is 46.2 Å². The molecule has 0 bridgehead atoms. The highest BCUT2D eigenvalue weighted by Gasteiger charge is 2.19. The third-order valence-corrected chi connectivity index (χ3v) is 2.92. The van der Waals surface area contributed by atoms with E-state index in [2.05, 4.69) is 45.9 Å². The molecule has 0 heterocycles. The second-order valence-electron chi connectivity index (χ2n) is 5.72. The first-order valence-electron chi connectivity index (χ1n) is 6.74. The van der Waals surface area contributed by atoms with Crippen LogP contribution in [-0.2, 0) is 16.8 Å². The molecule has 0 spiro atoms. The molecule has 0 fully saturated rings. The Morgan fingerprint density at radius 2 is 1.89 bits per heavy atom. The van der Waals surface area contributed by atoms with Gasteiger partial charge in [-0.05, 0) is 29.0 Å². The normalized spacial score (nSPS) is 11.6. The average molecular weight is 250 g/mol. The first kappa shape index (κ1) is 15.0. The Kier molecular flexibility index (Phi) is 5.67. The lowest BCUT2D eigenvalue weighted by Gasteiger charge is -2.23. The lowest BCUT2D eigenvalue weighted by Crippen LogP contribution is -2.14. The van der Waals surface area contributed by atoms with Crippen LogP contribution in [-0.4, -0.2) is 13.7 Å². The van der Waals surface area contributed by atoms with Crippen molar-refractivity contribution in [2.45, 2.75) is 52.6 Å². The minimum absolute atomic E-state index is 0.104. The molecule has 0 aliphatic rings. The van der Waals surface area contributed by atoms with E-state index in [9.17, 15) is 0 Å². The molecule has 0 saturated heterocycles. The summed E-state index contributed by atoms with van der Waals surface area (Å²) in [6, 6.07) is 6.39. The lowest BCUT2D eigenvalue weighted by atomic mass is 9.86. The molecule has 18 heavy (non-hydrogen) atoms. The minimum atomic E-state index is 0.104. The van der Waals surface area contributed by atoms with Crippen molar-refractivity contribution < 1.29 is 9.47 Å². The van der Waals surface area contributed by atoms with Crippen LogP contribution in [0.15, 0.2) is 18.2 Å². The highest BCUT2D eigenvalue weighted by atomic mass is 16.5. The van der Waals surface area contributed by atoms with Crippen LogP contribution < -0.4 is 4.74 Å². The molecule has 0 saturated carbocycles. The van der Waals surface area contributed by atoms with Crippen LogP contribution in [0.3, 0.4) is 0 Å². The first-order valence-corrected chi connectivity index (χ1v) is 6.74. The number of rotatable bonds is 6. The summed E-state index contributed by atoms with van der Waals surface area (Å²) in [4.78, 5) is 0. The molecular formula is C16H26O2. The zero-order chi connectivity index (χ0) is 13.6. The van der Waals surface area contributed by atoms with Crippen LogP contribution >= 0.6 is 0 Å². The summed E-state index contributed by atoms with van der Waals surface area (Å²) >= 11 is 0. The van der Waals surface area contributed by atoms with Gasteiger partial charge < -0.3 is 9.47 Å². The van der Waals surface area contributed by atoms with Crippen molar-refractivity contribution in [1.82, 2.24) is 0 Å². The number of hydrogen-bond acceptors (Lipinski definition) is 2. The van der Waals surface area contributed by atoms with Crippen molar-refractivity contribution in [3.05, 3.63) is 29.3 Å². The molecule has 2 heteroatoms. The predicted octanol–water partition coefficient (Wildman–Crippen LogP) is 4.31. The van der Waals surface area contributed by atoms with Crippen LogP contribution in [0.2, 0.25) is 0 Å². The van der Waals surface area contributed by atoms with Crippen molar-refractivity contribution in [3.63, 3.8) is 0 Å². The minimum Gasteiger partial charge on any atom is -0.493 e. The van der Waals surface area contributed by atoms with E-state index in [0.717, 1.165) is 30.8 Å². The van der Waals surface area contributed by atoms with Gasteiger partial charge in [0.05, 0.1) is 13.2 Å². The number of unbranched alkanes of at least 4 members (excludes halogenated alkanes) is 1. The van der Waals surface area contributed by atoms with Gasteiger partial charge in [-0.15, -0.1) is 0 Å². The standard InChI is InChI=1S/C16H26O2/c1-6-7-10-18-15-11-13(12-17-5)8-9-14(15)16(2,3)4/h8-9,11H,6-7,10,12H2,1-5H3. The summed E-state index contributed by atoms with van der Waals surface area (Å²) in [7, 11) is 1.72. The molecule has 1 aromatic carbocycles. The van der Waals surface area contributed by atoms with E-state index in [4.69, 9.17) is 9.47 Å². The van der Waals surface area contributed by atoms with E-state index < -0.39 is 0 Å². The van der Waals surface area contributed by atoms with Gasteiger partial charge >= 0.3 is 0 Å². The van der Waals surface area contributed by atoms with Crippen molar-refractivity contribution in [2.24, 2.45) is 0 Å². The van der Waals surface area contributed by atoms with Gasteiger partial charge in [0, 0.05) is 7.11 Å². The fourth-order valence-electron chi connectivity index (χ4n) is 1.89. The van der Waals surface area contributed by atoms with Crippen molar-refractivity contribution in [3.8, 4) is 5.75 Å². The van der Waals surface area contributed by atoms with Gasteiger partial charge in [0.2, 0.25) is 0 Å². The van der Waals surface area contributed by atoms with E-state index in [1.54, 1.807) is 7.11 Å². The molecule has 0 aliphatic heterocycles. The second kappa shape index (κ2) is 6.79. The molecule has 1 rings (SSSR count). The Balaban J connectivity index is 2.94. The third kappa shape index (κ3) is 4.34. The van der Waals surface area contributed by atoms with Crippen molar-refractivity contribution >= 4 is 0 Å². The van der Waals surface area contributed by atoms with E-state index in [-0.39, 0.29) is 5.41 Å². The lowest BCUT2D eigenvalue weighted by molar-refractivity contribution is 0.184. The maximum absolute atomic E-state index is 5.94. The maximum Gasteiger partial charge on any atom is 0.123 e. The Morgan fingerprint density at radius 3 is 2.44 bits per heavy atom. The molecule has 1 aromatic rings. The smallest absolute Gasteiger partial charge is 0.123 e. The number of ether oxygens (including phenoxy) is 2. The number of methoxy groups -OCH3 is 1. The number of benzene rings is 1. The summed E-state index contributed by atoms with van der Waals surface area (Å²) in [5.41, 5.74) is 2.53. The van der Waals surface area contributed by atoms with Gasteiger partial charge in [-0.25, -0.2) is 0 Å². The summed E-state index contributed by atoms with van der Waals surface area (Å²) in [5.74, 6) is 1.01. The SMILES string of the molecule is CCCCOc1cc(COC)ccc1C(C)(C)C. The highest BCUT2D eigenvalue weighted by Crippen LogP contribution is 2.32. The molecule has 0 radical (unpaired) electrons. The fourth-order valence-corrected chi connectivity index (χ4v) is 1.89. The first-order chi connectivity index (χ1) is 8.49. The van der Waals surface area contributed by atoms with Crippen LogP contribution in [0.25, 0.3) is 0 Å². The molecule has 0 amide bonds. The van der Waals surface area contributed by atoms with E-state index in [0.29, 0.717) is 6.61 Å². The Bertz CT molecular complexity index is 364.